The maximum atomic E-state index is 12.9. The Bertz CT molecular complexity index is 3860. The van der Waals surface area contributed by atoms with Crippen LogP contribution in [0.2, 0.25) is 0 Å². The maximum absolute atomic E-state index is 12.9. The quantitative estimate of drug-likeness (QED) is 0.0425. The fourth-order valence-corrected chi connectivity index (χ4v) is 7.67. The zero-order valence-corrected chi connectivity index (χ0v) is 51.2. The molecule has 0 spiro atoms. The number of benzene rings is 6. The summed E-state index contributed by atoms with van der Waals surface area (Å²) in [5.74, 6) is -24.2. The van der Waals surface area contributed by atoms with Gasteiger partial charge in [0.25, 0.3) is 0 Å². The van der Waals surface area contributed by atoms with Crippen molar-refractivity contribution < 1.29 is 148 Å². The van der Waals surface area contributed by atoms with Gasteiger partial charge in [-0.25, -0.2) is 0 Å². The topological polar surface area (TPSA) is 388 Å². The Morgan fingerprint density at radius 1 is 0.183 bits per heavy atom. The highest BCUT2D eigenvalue weighted by atomic mass is 16.6. The molecule has 0 radical (unpaired) electrons. The van der Waals surface area contributed by atoms with Gasteiger partial charge in [-0.3, -0.25) is 62.3 Å². The Morgan fingerprint density at radius 2 is 0.312 bits per heavy atom. The number of para-hydroxylation sites is 1. The van der Waals surface area contributed by atoms with Gasteiger partial charge in [0.05, 0.1) is 0 Å². The van der Waals surface area contributed by atoms with Gasteiger partial charge in [0.1, 0.15) is 28.7 Å². The molecule has 0 aromatic heterocycles. The third-order valence-corrected chi connectivity index (χ3v) is 10.3. The maximum Gasteiger partial charge on any atom is 0.308 e. The van der Waals surface area contributed by atoms with E-state index >= 15 is 0 Å². The van der Waals surface area contributed by atoms with E-state index in [0.29, 0.717) is 0 Å². The molecule has 0 fully saturated rings. The molecule has 0 saturated heterocycles. The van der Waals surface area contributed by atoms with Crippen molar-refractivity contribution in [2.24, 2.45) is 0 Å². The molecule has 0 aliphatic carbocycles. The zero-order chi connectivity index (χ0) is 68.7. The van der Waals surface area contributed by atoms with E-state index in [4.69, 9.17) is 85.3 Å². The molecule has 0 unspecified atom stereocenters. The Balaban J connectivity index is 1.52. The normalized spacial score (nSPS) is 10.3. The van der Waals surface area contributed by atoms with Crippen molar-refractivity contribution in [2.45, 2.75) is 90.0 Å². The SMILES string of the molecule is CC(=O)Oc1cc(Oc2c(OC(C)=O)cc(Oc3c(OC(C)=O)cc(Oc4c(OC(C)=O)cc(Oc5c(OC(C)=O)cc(Oc6c(OC(C)=O)cccc6OC(C)=O)cc5OC(C)=O)cc4OC(C)=O)cc3OC(C)=O)cc2OC(C)=O)cc(OC(C)=O)c1OC(C)=O. The van der Waals surface area contributed by atoms with Gasteiger partial charge in [0, 0.05) is 151 Å². The first-order valence-corrected chi connectivity index (χ1v) is 26.5. The highest BCUT2D eigenvalue weighted by molar-refractivity contribution is 5.83. The average Bonchev–Trinajstić information content (AvgIpc) is 0.930. The van der Waals surface area contributed by atoms with E-state index < -0.39 is 187 Å². The molecule has 31 nitrogen and oxygen atoms in total. The van der Waals surface area contributed by atoms with Crippen LogP contribution in [0, 0.1) is 0 Å². The number of hydrogen-bond donors (Lipinski definition) is 0. The molecule has 0 aliphatic rings. The van der Waals surface area contributed by atoms with Crippen LogP contribution in [-0.4, -0.2) is 77.6 Å². The fraction of sp³-hybridized carbons (Fsp3) is 0.210. The van der Waals surface area contributed by atoms with Gasteiger partial charge in [0.15, 0.2) is 69.0 Å². The van der Waals surface area contributed by atoms with E-state index in [9.17, 15) is 62.3 Å². The van der Waals surface area contributed by atoms with Crippen LogP contribution in [0.4, 0.5) is 0 Å². The summed E-state index contributed by atoms with van der Waals surface area (Å²) in [4.78, 5) is 163. The van der Waals surface area contributed by atoms with Crippen molar-refractivity contribution in [1.82, 2.24) is 0 Å². The van der Waals surface area contributed by atoms with Gasteiger partial charge >= 0.3 is 77.6 Å². The molecule has 0 bridgehead atoms. The lowest BCUT2D eigenvalue weighted by Crippen LogP contribution is -2.11. The van der Waals surface area contributed by atoms with Crippen molar-refractivity contribution in [2.75, 3.05) is 0 Å². The van der Waals surface area contributed by atoms with Crippen LogP contribution >= 0.6 is 0 Å². The van der Waals surface area contributed by atoms with E-state index in [0.717, 1.165) is 151 Å². The van der Waals surface area contributed by atoms with Crippen LogP contribution in [0.5, 0.6) is 132 Å². The van der Waals surface area contributed by atoms with Crippen LogP contribution in [0.15, 0.2) is 78.9 Å². The third-order valence-electron chi connectivity index (χ3n) is 10.3. The van der Waals surface area contributed by atoms with Crippen LogP contribution in [-0.2, 0) is 62.3 Å². The molecular weight excluding hydrogens is 1240 g/mol. The first-order chi connectivity index (χ1) is 43.7. The minimum atomic E-state index is -1.04. The van der Waals surface area contributed by atoms with Crippen molar-refractivity contribution >= 4 is 77.6 Å². The van der Waals surface area contributed by atoms with Gasteiger partial charge < -0.3 is 85.3 Å². The molecule has 6 rings (SSSR count). The van der Waals surface area contributed by atoms with E-state index in [1.807, 2.05) is 0 Å². The first-order valence-electron chi connectivity index (χ1n) is 26.5. The van der Waals surface area contributed by atoms with Gasteiger partial charge in [-0.2, -0.15) is 0 Å². The van der Waals surface area contributed by atoms with E-state index in [2.05, 4.69) is 0 Å². The predicted molar refractivity (Wildman–Crippen MR) is 306 cm³/mol. The van der Waals surface area contributed by atoms with Crippen LogP contribution in [0.25, 0.3) is 0 Å². The lowest BCUT2D eigenvalue weighted by molar-refractivity contribution is -0.135. The molecule has 0 aliphatic heterocycles. The summed E-state index contributed by atoms with van der Waals surface area (Å²) in [7, 11) is 0. The second-order valence-corrected chi connectivity index (χ2v) is 18.6. The molecule has 0 N–H and O–H groups in total. The standard InChI is InChI=1S/C62H52O31/c1-27(63)76-45-15-14-16-46(77-28(2)64)57(45)89-40-19-49(80-31(5)67)59(50(20-40)81-32(6)68)91-42-23-53(84-35(9)71)61(54(24-42)85-36(10)72)93-44-25-55(86-37(11)73)62(56(26-44)87-38(12)74)92-43-21-51(82-33(7)69)60(52(22-43)83-34(8)70)90-41-17-47(78-29(3)65)58(88-39(13)75)48(18-41)79-30(4)66/h14-26H,1-13H3. The highest BCUT2D eigenvalue weighted by Crippen LogP contribution is 2.54. The largest absolute Gasteiger partial charge is 0.449 e. The van der Waals surface area contributed by atoms with Crippen LogP contribution in [0.3, 0.4) is 0 Å². The smallest absolute Gasteiger partial charge is 0.308 e. The first kappa shape index (κ1) is 69.5. The van der Waals surface area contributed by atoms with Crippen molar-refractivity contribution in [3.05, 3.63) is 78.9 Å². The molecule has 0 heterocycles. The minimum absolute atomic E-state index is 0.247. The van der Waals surface area contributed by atoms with Gasteiger partial charge in [0.2, 0.25) is 34.5 Å². The zero-order valence-electron chi connectivity index (χ0n) is 51.2. The number of rotatable bonds is 23. The molecule has 93 heavy (non-hydrogen) atoms. The summed E-state index contributed by atoms with van der Waals surface area (Å²) in [5.41, 5.74) is 0. The van der Waals surface area contributed by atoms with Crippen molar-refractivity contribution in [3.63, 3.8) is 0 Å². The van der Waals surface area contributed by atoms with E-state index in [1.165, 1.54) is 18.2 Å². The second kappa shape index (κ2) is 30.6. The van der Waals surface area contributed by atoms with E-state index in [-0.39, 0.29) is 23.0 Å². The lowest BCUT2D eigenvalue weighted by atomic mass is 10.2. The second-order valence-electron chi connectivity index (χ2n) is 18.6. The lowest BCUT2D eigenvalue weighted by Gasteiger charge is -2.21. The summed E-state index contributed by atoms with van der Waals surface area (Å²) in [6.45, 7) is 12.9. The van der Waals surface area contributed by atoms with Crippen molar-refractivity contribution in [3.8, 4) is 132 Å². The molecule has 486 valence electrons. The summed E-state index contributed by atoms with van der Waals surface area (Å²) in [6, 6.07) is 13.9. The van der Waals surface area contributed by atoms with E-state index in [1.54, 1.807) is 0 Å². The molecule has 6 aromatic carbocycles. The molecule has 0 atom stereocenters. The third kappa shape index (κ3) is 20.2. The molecule has 6 aromatic rings. The Hall–Kier alpha value is -12.6. The fourth-order valence-electron chi connectivity index (χ4n) is 7.67. The summed E-state index contributed by atoms with van der Waals surface area (Å²) < 4.78 is 101. The molecule has 31 heteroatoms. The molecule has 0 amide bonds. The monoisotopic (exact) mass is 1290 g/mol. The molecular formula is C62H52O31. The Morgan fingerprint density at radius 3 is 0.462 bits per heavy atom. The Labute approximate surface area is 524 Å². The van der Waals surface area contributed by atoms with Gasteiger partial charge in [-0.05, 0) is 12.1 Å². The summed E-state index contributed by atoms with van der Waals surface area (Å²) >= 11 is 0. The number of esters is 13. The average molecular weight is 1290 g/mol. The predicted octanol–water partition coefficient (Wildman–Crippen LogP) is 9.68. The van der Waals surface area contributed by atoms with Crippen molar-refractivity contribution in [1.29, 1.82) is 0 Å². The van der Waals surface area contributed by atoms with Gasteiger partial charge in [-0.1, -0.05) is 6.07 Å². The number of ether oxygens (including phenoxy) is 18. The van der Waals surface area contributed by atoms with Crippen LogP contribution in [0.1, 0.15) is 90.0 Å². The molecule has 0 saturated carbocycles. The summed E-state index contributed by atoms with van der Waals surface area (Å²) in [5, 5.41) is 0. The number of hydrogen-bond acceptors (Lipinski definition) is 31. The number of carbonyl (C=O) groups is 13. The highest BCUT2D eigenvalue weighted by Gasteiger charge is 2.31. The number of carbonyl (C=O) groups excluding carboxylic acids is 13. The van der Waals surface area contributed by atoms with Crippen LogP contribution < -0.4 is 85.3 Å². The Kier molecular flexibility index (Phi) is 22.9. The van der Waals surface area contributed by atoms with Gasteiger partial charge in [-0.15, -0.1) is 0 Å². The summed E-state index contributed by atoms with van der Waals surface area (Å²) in [6.07, 6.45) is 0. The minimum Gasteiger partial charge on any atom is -0.449 e.